The molecule has 0 radical (unpaired) electrons. The van der Waals surface area contributed by atoms with Crippen LogP contribution >= 0.6 is 7.60 Å². The molecule has 2 saturated heterocycles. The van der Waals surface area contributed by atoms with Gasteiger partial charge < -0.3 is 41.2 Å². The largest absolute Gasteiger partial charge is 0.370 e. The van der Waals surface area contributed by atoms with E-state index in [1.807, 2.05) is 30.3 Å². The Hall–Kier alpha value is -4.39. The monoisotopic (exact) mass is 725 g/mol. The first kappa shape index (κ1) is 39.4. The van der Waals surface area contributed by atoms with Crippen LogP contribution < -0.4 is 21.7 Å². The zero-order valence-corrected chi connectivity index (χ0v) is 29.7. The van der Waals surface area contributed by atoms with Crippen molar-refractivity contribution in [3.8, 4) is 0 Å². The molecule has 4 rings (SSSR count). The number of nitrogens with one attached hydrogen (secondary N) is 3. The SMILES string of the molecule is CC(=O)C[C@@H](Cc1ccc(CP(=O)(O)O)cc1)C(=O)N[C@H]1CCCC[C@H]2CC[C@@H](C(=O)N[C@@H](CCC(N)=O)C(=O)NCc3ccccc3)N2C1=O. The van der Waals surface area contributed by atoms with E-state index in [4.69, 9.17) is 5.73 Å². The highest BCUT2D eigenvalue weighted by atomic mass is 31.2. The third-order valence-electron chi connectivity index (χ3n) is 9.37. The molecule has 51 heavy (non-hydrogen) atoms. The first-order valence-corrected chi connectivity index (χ1v) is 19.1. The second kappa shape index (κ2) is 18.2. The van der Waals surface area contributed by atoms with Gasteiger partial charge in [-0.15, -0.1) is 0 Å². The Labute approximate surface area is 297 Å². The van der Waals surface area contributed by atoms with E-state index in [-0.39, 0.29) is 44.1 Å². The van der Waals surface area contributed by atoms with Crippen LogP contribution in [0, 0.1) is 5.92 Å². The van der Waals surface area contributed by atoms with Crippen molar-refractivity contribution in [3.63, 3.8) is 0 Å². The van der Waals surface area contributed by atoms with E-state index < -0.39 is 67.3 Å². The van der Waals surface area contributed by atoms with E-state index in [0.29, 0.717) is 43.2 Å². The molecule has 0 saturated carbocycles. The van der Waals surface area contributed by atoms with E-state index in [0.717, 1.165) is 12.0 Å². The van der Waals surface area contributed by atoms with Crippen LogP contribution in [0.15, 0.2) is 54.6 Å². The number of rotatable bonds is 16. The lowest BCUT2D eigenvalue weighted by Crippen LogP contribution is -2.58. The minimum Gasteiger partial charge on any atom is -0.370 e. The van der Waals surface area contributed by atoms with Gasteiger partial charge in [0.25, 0.3) is 0 Å². The number of ketones is 1. The van der Waals surface area contributed by atoms with Crippen LogP contribution in [0.25, 0.3) is 0 Å². The van der Waals surface area contributed by atoms with Crippen LogP contribution in [-0.4, -0.2) is 74.2 Å². The number of carbonyl (C=O) groups is 6. The number of nitrogens with two attached hydrogens (primary N) is 1. The molecule has 2 heterocycles. The normalized spacial score (nSPS) is 20.3. The minimum atomic E-state index is -4.25. The van der Waals surface area contributed by atoms with E-state index in [9.17, 15) is 43.1 Å². The summed E-state index contributed by atoms with van der Waals surface area (Å²) in [5.41, 5.74) is 7.33. The van der Waals surface area contributed by atoms with Gasteiger partial charge in [-0.3, -0.25) is 28.5 Å². The second-order valence-electron chi connectivity index (χ2n) is 13.6. The molecule has 0 aliphatic carbocycles. The van der Waals surface area contributed by atoms with E-state index >= 15 is 0 Å². The van der Waals surface area contributed by atoms with E-state index in [1.165, 1.54) is 11.8 Å². The number of amides is 5. The third kappa shape index (κ3) is 12.1. The summed E-state index contributed by atoms with van der Waals surface area (Å²) in [7, 11) is -4.25. The standard InChI is InChI=1S/C36H48N5O9P/c1-23(42)19-27(20-24-11-13-26(14-12-24)22-51(48,49)50)33(44)40-30-10-6-5-9-28-15-17-31(41(28)36(30)47)35(46)39-29(16-18-32(37)43)34(45)38-21-25-7-3-2-4-8-25/h2-4,7-8,11-14,27-31H,5-6,9-10,15-22H2,1H3,(H2,37,43)(H,38,45)(H,39,46)(H,40,44)(H2,48,49,50)/t27-,28-,29-,30-,31-/m0/s1. The maximum atomic E-state index is 14.1. The summed E-state index contributed by atoms with van der Waals surface area (Å²) in [5, 5.41) is 8.42. The predicted molar refractivity (Wildman–Crippen MR) is 187 cm³/mol. The molecule has 2 aliphatic rings. The summed E-state index contributed by atoms with van der Waals surface area (Å²) in [5.74, 6) is -3.55. The molecule has 14 nitrogen and oxygen atoms in total. The Balaban J connectivity index is 1.46. The number of benzene rings is 2. The van der Waals surface area contributed by atoms with Gasteiger partial charge in [0, 0.05) is 31.3 Å². The highest BCUT2D eigenvalue weighted by molar-refractivity contribution is 7.50. The number of carbonyl (C=O) groups excluding carboxylic acids is 6. The Kier molecular flexibility index (Phi) is 14.1. The molecule has 0 spiro atoms. The first-order valence-electron chi connectivity index (χ1n) is 17.3. The topological polar surface area (TPSA) is 225 Å². The Morgan fingerprint density at radius 3 is 2.22 bits per heavy atom. The lowest BCUT2D eigenvalue weighted by molar-refractivity contribution is -0.145. The van der Waals surface area contributed by atoms with Gasteiger partial charge in [-0.25, -0.2) is 0 Å². The molecule has 2 aromatic rings. The Morgan fingerprint density at radius 1 is 0.902 bits per heavy atom. The van der Waals surface area contributed by atoms with Gasteiger partial charge in [0.1, 0.15) is 23.9 Å². The average Bonchev–Trinajstić information content (AvgIpc) is 3.49. The van der Waals surface area contributed by atoms with Gasteiger partial charge in [-0.05, 0) is 62.1 Å². The number of hydrogen-bond donors (Lipinski definition) is 6. The van der Waals surface area contributed by atoms with Crippen LogP contribution in [0.5, 0.6) is 0 Å². The maximum absolute atomic E-state index is 14.1. The van der Waals surface area contributed by atoms with Gasteiger partial charge in [-0.2, -0.15) is 0 Å². The molecule has 2 aliphatic heterocycles. The molecule has 2 fully saturated rings. The Morgan fingerprint density at radius 2 is 1.57 bits per heavy atom. The van der Waals surface area contributed by atoms with Crippen molar-refractivity contribution >= 4 is 42.9 Å². The number of primary amides is 1. The van der Waals surface area contributed by atoms with Crippen LogP contribution in [0.3, 0.4) is 0 Å². The van der Waals surface area contributed by atoms with Crippen molar-refractivity contribution in [1.29, 1.82) is 0 Å². The zero-order chi connectivity index (χ0) is 37.1. The smallest absolute Gasteiger partial charge is 0.329 e. The van der Waals surface area contributed by atoms with Crippen molar-refractivity contribution < 1.29 is 43.1 Å². The molecule has 5 amide bonds. The van der Waals surface area contributed by atoms with Crippen molar-refractivity contribution in [3.05, 3.63) is 71.3 Å². The van der Waals surface area contributed by atoms with Crippen LogP contribution in [0.4, 0.5) is 0 Å². The molecule has 7 N–H and O–H groups in total. The number of Topliss-reactive ketones (excluding diaryl/α,β-unsaturated/α-hetero) is 1. The van der Waals surface area contributed by atoms with Crippen LogP contribution in [0.1, 0.15) is 81.4 Å². The molecule has 5 atom stereocenters. The number of fused-ring (bicyclic) bond motifs is 1. The summed E-state index contributed by atoms with van der Waals surface area (Å²) < 4.78 is 11.4. The fraction of sp³-hybridized carbons (Fsp3) is 0.500. The predicted octanol–water partition coefficient (Wildman–Crippen LogP) is 1.99. The number of nitrogens with zero attached hydrogens (tertiary/aromatic N) is 1. The average molecular weight is 726 g/mol. The molecule has 0 bridgehead atoms. The highest BCUT2D eigenvalue weighted by Crippen LogP contribution is 2.39. The molecular weight excluding hydrogens is 677 g/mol. The summed E-state index contributed by atoms with van der Waals surface area (Å²) in [4.78, 5) is 98.6. The van der Waals surface area contributed by atoms with E-state index in [2.05, 4.69) is 16.0 Å². The van der Waals surface area contributed by atoms with Gasteiger partial charge in [-0.1, -0.05) is 67.4 Å². The molecule has 2 aromatic carbocycles. The van der Waals surface area contributed by atoms with E-state index in [1.54, 1.807) is 24.3 Å². The van der Waals surface area contributed by atoms with Crippen LogP contribution in [0.2, 0.25) is 0 Å². The summed E-state index contributed by atoms with van der Waals surface area (Å²) in [6.07, 6.45) is 2.93. The van der Waals surface area contributed by atoms with Crippen LogP contribution in [-0.2, 0) is 52.5 Å². The van der Waals surface area contributed by atoms with Gasteiger partial charge in [0.2, 0.25) is 29.5 Å². The first-order chi connectivity index (χ1) is 24.2. The van der Waals surface area contributed by atoms with Crippen molar-refractivity contribution in [2.75, 3.05) is 0 Å². The quantitative estimate of drug-likeness (QED) is 0.139. The second-order valence-corrected chi connectivity index (χ2v) is 15.2. The molecule has 0 unspecified atom stereocenters. The van der Waals surface area contributed by atoms with Crippen molar-refractivity contribution in [2.45, 2.75) is 108 Å². The summed E-state index contributed by atoms with van der Waals surface area (Å²) >= 11 is 0. The van der Waals surface area contributed by atoms with Gasteiger partial charge in [0.15, 0.2) is 0 Å². The maximum Gasteiger partial charge on any atom is 0.329 e. The van der Waals surface area contributed by atoms with Gasteiger partial charge in [0.05, 0.1) is 6.16 Å². The summed E-state index contributed by atoms with van der Waals surface area (Å²) in [6.45, 7) is 1.59. The molecular formula is C36H48N5O9P. The highest BCUT2D eigenvalue weighted by Gasteiger charge is 2.44. The fourth-order valence-corrected chi connectivity index (χ4v) is 7.54. The fourth-order valence-electron chi connectivity index (χ4n) is 6.85. The lowest BCUT2D eigenvalue weighted by Gasteiger charge is -2.36. The Bertz CT molecular complexity index is 1610. The molecule has 15 heteroatoms. The van der Waals surface area contributed by atoms with Gasteiger partial charge >= 0.3 is 7.60 Å². The third-order valence-corrected chi connectivity index (χ3v) is 10.2. The lowest BCUT2D eigenvalue weighted by atomic mass is 9.92. The number of hydrogen-bond acceptors (Lipinski definition) is 7. The zero-order valence-electron chi connectivity index (χ0n) is 28.8. The summed E-state index contributed by atoms with van der Waals surface area (Å²) in [6, 6.07) is 12.5. The molecule has 0 aromatic heterocycles. The molecule has 276 valence electrons. The van der Waals surface area contributed by atoms with Crippen molar-refractivity contribution in [1.82, 2.24) is 20.9 Å². The van der Waals surface area contributed by atoms with Crippen molar-refractivity contribution in [2.24, 2.45) is 11.7 Å². The minimum absolute atomic E-state index is 0.0194.